The third-order valence-electron chi connectivity index (χ3n) is 7.35. The smallest absolute Gasteiger partial charge is 0.341 e. The van der Waals surface area contributed by atoms with Gasteiger partial charge in [0, 0.05) is 16.5 Å². The molecule has 4 aromatic carbocycles. The SMILES string of the molecule is CCCOC(=O)c1cccc2cccc(-c3c(C(=O)OCC)c(-c4ccccc4)nc4c3c(C)nn4-c3ccccc3)c12. The molecule has 0 saturated heterocycles. The molecule has 0 aliphatic carbocycles. The molecule has 0 fully saturated rings. The summed E-state index contributed by atoms with van der Waals surface area (Å²) in [7, 11) is 0. The first-order valence-corrected chi connectivity index (χ1v) is 14.4. The Hall–Kier alpha value is -5.30. The zero-order valence-corrected chi connectivity index (χ0v) is 24.3. The standard InChI is InChI=1S/C36H31N3O4/c1-4-22-43-35(40)28-21-13-17-24-16-12-20-27(30(24)28)31-29-23(3)38-39(26-18-10-7-11-19-26)34(29)37-33(25-14-8-6-9-15-25)32(31)36(41)42-5-2/h6-21H,4-5,22H2,1-3H3. The highest BCUT2D eigenvalue weighted by Crippen LogP contribution is 2.43. The van der Waals surface area contributed by atoms with Crippen LogP contribution in [0.5, 0.6) is 0 Å². The first-order valence-electron chi connectivity index (χ1n) is 14.4. The van der Waals surface area contributed by atoms with E-state index in [9.17, 15) is 9.59 Å². The molecule has 214 valence electrons. The zero-order chi connectivity index (χ0) is 29.9. The highest BCUT2D eigenvalue weighted by atomic mass is 16.5. The normalized spacial score (nSPS) is 11.1. The van der Waals surface area contributed by atoms with E-state index < -0.39 is 11.9 Å². The summed E-state index contributed by atoms with van der Waals surface area (Å²) in [6.45, 7) is 6.15. The van der Waals surface area contributed by atoms with Gasteiger partial charge in [0.05, 0.1) is 46.8 Å². The first kappa shape index (κ1) is 27.8. The summed E-state index contributed by atoms with van der Waals surface area (Å²) in [5, 5.41) is 7.16. The van der Waals surface area contributed by atoms with Crippen LogP contribution in [0, 0.1) is 6.92 Å². The number of benzene rings is 4. The summed E-state index contributed by atoms with van der Waals surface area (Å²) in [6.07, 6.45) is 0.708. The molecule has 0 spiro atoms. The molecule has 7 heteroatoms. The number of esters is 2. The number of hydrogen-bond acceptors (Lipinski definition) is 6. The van der Waals surface area contributed by atoms with E-state index in [1.54, 1.807) is 17.7 Å². The summed E-state index contributed by atoms with van der Waals surface area (Å²) in [5.41, 5.74) is 5.41. The van der Waals surface area contributed by atoms with Crippen molar-refractivity contribution >= 4 is 33.7 Å². The number of ether oxygens (including phenoxy) is 2. The molecule has 6 aromatic rings. The Morgan fingerprint density at radius 3 is 2.16 bits per heavy atom. The maximum Gasteiger partial charge on any atom is 0.341 e. The van der Waals surface area contributed by atoms with Crippen LogP contribution in [0.15, 0.2) is 97.1 Å². The van der Waals surface area contributed by atoms with Gasteiger partial charge in [-0.15, -0.1) is 0 Å². The Bertz CT molecular complexity index is 1960. The van der Waals surface area contributed by atoms with Gasteiger partial charge in [0.25, 0.3) is 0 Å². The van der Waals surface area contributed by atoms with Crippen molar-refractivity contribution in [2.24, 2.45) is 0 Å². The lowest BCUT2D eigenvalue weighted by Crippen LogP contribution is -2.12. The fourth-order valence-corrected chi connectivity index (χ4v) is 5.53. The number of nitrogens with zero attached hydrogens (tertiary/aromatic N) is 3. The van der Waals surface area contributed by atoms with Gasteiger partial charge >= 0.3 is 11.9 Å². The Kier molecular flexibility index (Phi) is 7.71. The second-order valence-electron chi connectivity index (χ2n) is 10.2. The largest absolute Gasteiger partial charge is 0.462 e. The topological polar surface area (TPSA) is 83.3 Å². The molecule has 2 aromatic heterocycles. The number of fused-ring (bicyclic) bond motifs is 2. The van der Waals surface area contributed by atoms with Gasteiger partial charge in [0.2, 0.25) is 0 Å². The summed E-state index contributed by atoms with van der Waals surface area (Å²) in [4.78, 5) is 32.5. The maximum absolute atomic E-state index is 14.0. The second-order valence-corrected chi connectivity index (χ2v) is 10.2. The van der Waals surface area contributed by atoms with Crippen LogP contribution >= 0.6 is 0 Å². The van der Waals surface area contributed by atoms with Gasteiger partial charge in [0.1, 0.15) is 0 Å². The molecule has 0 unspecified atom stereocenters. The molecule has 0 radical (unpaired) electrons. The van der Waals surface area contributed by atoms with Gasteiger partial charge in [0.15, 0.2) is 5.65 Å². The molecule has 0 aliphatic heterocycles. The minimum Gasteiger partial charge on any atom is -0.462 e. The predicted octanol–water partition coefficient (Wildman–Crippen LogP) is 7.96. The number of carbonyl (C=O) groups is 2. The quantitative estimate of drug-likeness (QED) is 0.173. The van der Waals surface area contributed by atoms with Crippen LogP contribution in [-0.2, 0) is 9.47 Å². The molecule has 2 heterocycles. The molecule has 0 saturated carbocycles. The highest BCUT2D eigenvalue weighted by Gasteiger charge is 2.30. The van der Waals surface area contributed by atoms with E-state index in [0.717, 1.165) is 16.6 Å². The van der Waals surface area contributed by atoms with Crippen molar-refractivity contribution in [3.8, 4) is 28.1 Å². The van der Waals surface area contributed by atoms with Crippen LogP contribution in [0.4, 0.5) is 0 Å². The Morgan fingerprint density at radius 1 is 0.767 bits per heavy atom. The number of hydrogen-bond donors (Lipinski definition) is 0. The summed E-state index contributed by atoms with van der Waals surface area (Å²) in [6, 6.07) is 30.8. The molecule has 0 N–H and O–H groups in total. The van der Waals surface area contributed by atoms with Crippen LogP contribution < -0.4 is 0 Å². The maximum atomic E-state index is 14.0. The van der Waals surface area contributed by atoms with Crippen molar-refractivity contribution < 1.29 is 19.1 Å². The van der Waals surface area contributed by atoms with Gasteiger partial charge in [-0.3, -0.25) is 0 Å². The van der Waals surface area contributed by atoms with Gasteiger partial charge < -0.3 is 9.47 Å². The number of rotatable bonds is 8. The van der Waals surface area contributed by atoms with Gasteiger partial charge in [-0.05, 0) is 49.4 Å². The molecule has 7 nitrogen and oxygen atoms in total. The van der Waals surface area contributed by atoms with Crippen LogP contribution in [0.2, 0.25) is 0 Å². The average Bonchev–Trinajstić information content (AvgIpc) is 3.38. The number of pyridine rings is 1. The Morgan fingerprint density at radius 2 is 1.47 bits per heavy atom. The van der Waals surface area contributed by atoms with Crippen molar-refractivity contribution in [2.45, 2.75) is 27.2 Å². The van der Waals surface area contributed by atoms with Gasteiger partial charge in [-0.25, -0.2) is 19.3 Å². The fraction of sp³-hybridized carbons (Fsp3) is 0.167. The van der Waals surface area contributed by atoms with E-state index in [2.05, 4.69) is 0 Å². The minimum absolute atomic E-state index is 0.191. The fourth-order valence-electron chi connectivity index (χ4n) is 5.53. The minimum atomic E-state index is -0.499. The second kappa shape index (κ2) is 11.9. The Balaban J connectivity index is 1.80. The number of aromatic nitrogens is 3. The van der Waals surface area contributed by atoms with Crippen molar-refractivity contribution in [2.75, 3.05) is 13.2 Å². The number of para-hydroxylation sites is 1. The van der Waals surface area contributed by atoms with Crippen molar-refractivity contribution in [1.82, 2.24) is 14.8 Å². The third-order valence-corrected chi connectivity index (χ3v) is 7.35. The molecule has 0 amide bonds. The van der Waals surface area contributed by atoms with Crippen LogP contribution in [0.3, 0.4) is 0 Å². The zero-order valence-electron chi connectivity index (χ0n) is 24.3. The van der Waals surface area contributed by atoms with Crippen molar-refractivity contribution in [3.63, 3.8) is 0 Å². The number of carbonyl (C=O) groups excluding carboxylic acids is 2. The van der Waals surface area contributed by atoms with E-state index in [0.29, 0.717) is 63.1 Å². The summed E-state index contributed by atoms with van der Waals surface area (Å²) in [5.74, 6) is -0.913. The van der Waals surface area contributed by atoms with Crippen molar-refractivity contribution in [3.05, 3.63) is 114 Å². The molecule has 43 heavy (non-hydrogen) atoms. The lowest BCUT2D eigenvalue weighted by Gasteiger charge is -2.18. The predicted molar refractivity (Wildman–Crippen MR) is 169 cm³/mol. The van der Waals surface area contributed by atoms with E-state index >= 15 is 0 Å². The van der Waals surface area contributed by atoms with E-state index in [1.165, 1.54) is 0 Å². The summed E-state index contributed by atoms with van der Waals surface area (Å²) >= 11 is 0. The van der Waals surface area contributed by atoms with E-state index in [1.807, 2.05) is 105 Å². The summed E-state index contributed by atoms with van der Waals surface area (Å²) < 4.78 is 13.1. The average molecular weight is 570 g/mol. The molecule has 6 rings (SSSR count). The van der Waals surface area contributed by atoms with Crippen molar-refractivity contribution in [1.29, 1.82) is 0 Å². The third kappa shape index (κ3) is 5.03. The van der Waals surface area contributed by atoms with Gasteiger partial charge in [-0.2, -0.15) is 5.10 Å². The molecular formula is C36H31N3O4. The van der Waals surface area contributed by atoms with E-state index in [4.69, 9.17) is 19.6 Å². The molecule has 0 bridgehead atoms. The van der Waals surface area contributed by atoms with Crippen LogP contribution in [0.25, 0.3) is 49.9 Å². The highest BCUT2D eigenvalue weighted by molar-refractivity contribution is 6.18. The molecule has 0 aliphatic rings. The monoisotopic (exact) mass is 569 g/mol. The van der Waals surface area contributed by atoms with Crippen LogP contribution in [-0.4, -0.2) is 39.9 Å². The Labute approximate surface area is 249 Å². The lowest BCUT2D eigenvalue weighted by atomic mass is 9.88. The lowest BCUT2D eigenvalue weighted by molar-refractivity contribution is 0.0504. The van der Waals surface area contributed by atoms with Crippen LogP contribution in [0.1, 0.15) is 46.7 Å². The molecular weight excluding hydrogens is 538 g/mol. The first-order chi connectivity index (χ1) is 21.0. The number of aryl methyl sites for hydroxylation is 1. The molecule has 0 atom stereocenters. The van der Waals surface area contributed by atoms with Gasteiger partial charge in [-0.1, -0.05) is 85.8 Å². The van der Waals surface area contributed by atoms with E-state index in [-0.39, 0.29) is 6.61 Å².